The van der Waals surface area contributed by atoms with Crippen LogP contribution in [-0.2, 0) is 4.79 Å². The zero-order valence-corrected chi connectivity index (χ0v) is 11.7. The number of hydrogen-bond acceptors (Lipinski definition) is 3. The first kappa shape index (κ1) is 13.3. The lowest BCUT2D eigenvalue weighted by Crippen LogP contribution is -2.27. The van der Waals surface area contributed by atoms with Gasteiger partial charge in [-0.3, -0.25) is 9.78 Å². The molecule has 0 spiro atoms. The minimum Gasteiger partial charge on any atom is -0.496 e. The maximum atomic E-state index is 12.1. The number of pyridine rings is 1. The first-order valence-electron chi connectivity index (χ1n) is 6.16. The molecule has 1 heterocycles. The average molecular weight is 258 g/mol. The molecule has 0 aliphatic heterocycles. The summed E-state index contributed by atoms with van der Waals surface area (Å²) in [6.07, 6.45) is 1.70. The van der Waals surface area contributed by atoms with Crippen LogP contribution in [0.2, 0.25) is 0 Å². The van der Waals surface area contributed by atoms with Gasteiger partial charge in [-0.1, -0.05) is 20.8 Å². The lowest BCUT2D eigenvalue weighted by molar-refractivity contribution is -0.123. The summed E-state index contributed by atoms with van der Waals surface area (Å²) >= 11 is 0. The van der Waals surface area contributed by atoms with Crippen LogP contribution in [0.4, 0.5) is 5.69 Å². The highest BCUT2D eigenvalue weighted by Crippen LogP contribution is 2.30. The van der Waals surface area contributed by atoms with Crippen molar-refractivity contribution in [2.45, 2.75) is 20.8 Å². The first-order chi connectivity index (χ1) is 8.93. The Balaban J connectivity index is 2.48. The van der Waals surface area contributed by atoms with E-state index in [1.54, 1.807) is 13.3 Å². The summed E-state index contributed by atoms with van der Waals surface area (Å²) in [6.45, 7) is 5.63. The summed E-state index contributed by atoms with van der Waals surface area (Å²) in [5.74, 6) is 0.710. The second-order valence-electron chi connectivity index (χ2n) is 5.42. The van der Waals surface area contributed by atoms with Gasteiger partial charge in [-0.25, -0.2) is 0 Å². The van der Waals surface area contributed by atoms with Gasteiger partial charge in [0, 0.05) is 17.0 Å². The van der Waals surface area contributed by atoms with Crippen molar-refractivity contribution in [3.8, 4) is 5.75 Å². The van der Waals surface area contributed by atoms with E-state index < -0.39 is 5.41 Å². The summed E-state index contributed by atoms with van der Waals surface area (Å²) < 4.78 is 5.30. The molecule has 4 nitrogen and oxygen atoms in total. The molecule has 0 fully saturated rings. The molecule has 0 radical (unpaired) electrons. The largest absolute Gasteiger partial charge is 0.496 e. The number of carbonyl (C=O) groups excluding carboxylic acids is 1. The van der Waals surface area contributed by atoms with Crippen molar-refractivity contribution in [3.63, 3.8) is 0 Å². The SMILES string of the molecule is COc1ccc(NC(=O)C(C)(C)C)c2ncccc12. The quantitative estimate of drug-likeness (QED) is 0.899. The Morgan fingerprint density at radius 2 is 2.00 bits per heavy atom. The lowest BCUT2D eigenvalue weighted by Gasteiger charge is -2.18. The Bertz CT molecular complexity index is 615. The van der Waals surface area contributed by atoms with Crippen LogP contribution >= 0.6 is 0 Å². The highest BCUT2D eigenvalue weighted by atomic mass is 16.5. The van der Waals surface area contributed by atoms with Crippen LogP contribution in [-0.4, -0.2) is 18.0 Å². The Kier molecular flexibility index (Phi) is 3.42. The summed E-state index contributed by atoms with van der Waals surface area (Å²) in [5, 5.41) is 3.81. The van der Waals surface area contributed by atoms with E-state index in [-0.39, 0.29) is 5.91 Å². The van der Waals surface area contributed by atoms with E-state index in [2.05, 4.69) is 10.3 Å². The van der Waals surface area contributed by atoms with Gasteiger partial charge in [0.05, 0.1) is 18.3 Å². The number of carbonyl (C=O) groups is 1. The van der Waals surface area contributed by atoms with Gasteiger partial charge in [-0.15, -0.1) is 0 Å². The smallest absolute Gasteiger partial charge is 0.229 e. The van der Waals surface area contributed by atoms with Crippen LogP contribution in [0.1, 0.15) is 20.8 Å². The van der Waals surface area contributed by atoms with Crippen LogP contribution in [0.25, 0.3) is 10.9 Å². The number of hydrogen-bond donors (Lipinski definition) is 1. The zero-order chi connectivity index (χ0) is 14.0. The van der Waals surface area contributed by atoms with E-state index >= 15 is 0 Å². The third-order valence-electron chi connectivity index (χ3n) is 2.88. The fraction of sp³-hybridized carbons (Fsp3) is 0.333. The lowest BCUT2D eigenvalue weighted by atomic mass is 9.95. The van der Waals surface area contributed by atoms with Crippen LogP contribution in [0.15, 0.2) is 30.5 Å². The second-order valence-corrected chi connectivity index (χ2v) is 5.42. The number of methoxy groups -OCH3 is 1. The standard InChI is InChI=1S/C15H18N2O2/c1-15(2,3)14(18)17-11-7-8-12(19-4)10-6-5-9-16-13(10)11/h5-9H,1-4H3,(H,17,18). The number of rotatable bonds is 2. The Labute approximate surface area is 112 Å². The van der Waals surface area contributed by atoms with E-state index in [1.165, 1.54) is 0 Å². The zero-order valence-electron chi connectivity index (χ0n) is 11.7. The van der Waals surface area contributed by atoms with Gasteiger partial charge in [-0.2, -0.15) is 0 Å². The van der Waals surface area contributed by atoms with Crippen molar-refractivity contribution >= 4 is 22.5 Å². The molecule has 1 amide bonds. The number of fused-ring (bicyclic) bond motifs is 1. The monoisotopic (exact) mass is 258 g/mol. The van der Waals surface area contributed by atoms with Crippen molar-refractivity contribution in [2.24, 2.45) is 5.41 Å². The van der Waals surface area contributed by atoms with Crippen molar-refractivity contribution in [1.82, 2.24) is 4.98 Å². The molecule has 1 aromatic carbocycles. The third kappa shape index (κ3) is 2.67. The molecule has 2 rings (SSSR count). The predicted octanol–water partition coefficient (Wildman–Crippen LogP) is 3.23. The third-order valence-corrected chi connectivity index (χ3v) is 2.88. The number of nitrogens with zero attached hydrogens (tertiary/aromatic N) is 1. The van der Waals surface area contributed by atoms with Crippen molar-refractivity contribution < 1.29 is 9.53 Å². The van der Waals surface area contributed by atoms with Crippen molar-refractivity contribution in [2.75, 3.05) is 12.4 Å². The Morgan fingerprint density at radius 3 is 2.63 bits per heavy atom. The number of amides is 1. The molecule has 1 N–H and O–H groups in total. The van der Waals surface area contributed by atoms with E-state index in [0.717, 1.165) is 16.7 Å². The van der Waals surface area contributed by atoms with Gasteiger partial charge in [0.15, 0.2) is 0 Å². The Hall–Kier alpha value is -2.10. The highest BCUT2D eigenvalue weighted by molar-refractivity contribution is 6.03. The van der Waals surface area contributed by atoms with E-state index in [9.17, 15) is 4.79 Å². The van der Waals surface area contributed by atoms with Crippen LogP contribution in [0.5, 0.6) is 5.75 Å². The molecule has 0 atom stereocenters. The topological polar surface area (TPSA) is 51.2 Å². The summed E-state index contributed by atoms with van der Waals surface area (Å²) in [4.78, 5) is 16.4. The Morgan fingerprint density at radius 1 is 1.26 bits per heavy atom. The maximum Gasteiger partial charge on any atom is 0.229 e. The molecule has 0 aliphatic carbocycles. The molecule has 0 aliphatic rings. The molecular weight excluding hydrogens is 240 g/mol. The van der Waals surface area contributed by atoms with Gasteiger partial charge in [0.1, 0.15) is 5.75 Å². The first-order valence-corrected chi connectivity index (χ1v) is 6.16. The number of ether oxygens (including phenoxy) is 1. The molecule has 0 unspecified atom stereocenters. The minimum absolute atomic E-state index is 0.0374. The molecule has 4 heteroatoms. The molecule has 2 aromatic rings. The van der Waals surface area contributed by atoms with Gasteiger partial charge in [-0.05, 0) is 24.3 Å². The van der Waals surface area contributed by atoms with E-state index in [4.69, 9.17) is 4.74 Å². The average Bonchev–Trinajstić information content (AvgIpc) is 2.38. The number of benzene rings is 1. The van der Waals surface area contributed by atoms with E-state index in [1.807, 2.05) is 45.0 Å². The molecule has 19 heavy (non-hydrogen) atoms. The van der Waals surface area contributed by atoms with Gasteiger partial charge >= 0.3 is 0 Å². The van der Waals surface area contributed by atoms with Crippen molar-refractivity contribution in [3.05, 3.63) is 30.5 Å². The molecule has 0 bridgehead atoms. The van der Waals surface area contributed by atoms with Gasteiger partial charge in [0.25, 0.3) is 0 Å². The maximum absolute atomic E-state index is 12.1. The molecule has 0 saturated carbocycles. The number of anilines is 1. The summed E-state index contributed by atoms with van der Waals surface area (Å²) in [5.41, 5.74) is 0.997. The highest BCUT2D eigenvalue weighted by Gasteiger charge is 2.22. The number of nitrogens with one attached hydrogen (secondary N) is 1. The van der Waals surface area contributed by atoms with Crippen LogP contribution in [0, 0.1) is 5.41 Å². The summed E-state index contributed by atoms with van der Waals surface area (Å²) in [6, 6.07) is 7.42. The second kappa shape index (κ2) is 4.88. The van der Waals surface area contributed by atoms with Gasteiger partial charge < -0.3 is 10.1 Å². The molecule has 0 saturated heterocycles. The fourth-order valence-electron chi connectivity index (χ4n) is 1.74. The van der Waals surface area contributed by atoms with Crippen molar-refractivity contribution in [1.29, 1.82) is 0 Å². The molecule has 100 valence electrons. The van der Waals surface area contributed by atoms with Crippen LogP contribution in [0.3, 0.4) is 0 Å². The molecular formula is C15H18N2O2. The van der Waals surface area contributed by atoms with Crippen LogP contribution < -0.4 is 10.1 Å². The summed E-state index contributed by atoms with van der Waals surface area (Å²) in [7, 11) is 1.62. The molecule has 1 aromatic heterocycles. The van der Waals surface area contributed by atoms with Gasteiger partial charge in [0.2, 0.25) is 5.91 Å². The predicted molar refractivity (Wildman–Crippen MR) is 76.4 cm³/mol. The normalized spacial score (nSPS) is 11.4. The number of aromatic nitrogens is 1. The van der Waals surface area contributed by atoms with E-state index in [0.29, 0.717) is 5.69 Å². The minimum atomic E-state index is -0.443. The fourth-order valence-corrected chi connectivity index (χ4v) is 1.74.